The maximum Gasteiger partial charge on any atom is 0.253 e. The lowest BCUT2D eigenvalue weighted by Gasteiger charge is -2.05. The number of rotatable bonds is 4. The summed E-state index contributed by atoms with van der Waals surface area (Å²) in [6, 6.07) is 14.9. The molecular weight excluding hydrogens is 324 g/mol. The van der Waals surface area contributed by atoms with Crippen molar-refractivity contribution in [2.24, 2.45) is 0 Å². The summed E-state index contributed by atoms with van der Waals surface area (Å²) in [4.78, 5) is 24.2. The SMILES string of the molecule is CC(=O)n1cc(C(=O)NCCc2ccc(Cl)cc2)c2ccccc21. The van der Waals surface area contributed by atoms with Gasteiger partial charge in [0.2, 0.25) is 5.91 Å². The Balaban J connectivity index is 1.74. The fourth-order valence-corrected chi connectivity index (χ4v) is 2.81. The fraction of sp³-hybridized carbons (Fsp3) is 0.158. The highest BCUT2D eigenvalue weighted by Gasteiger charge is 2.16. The summed E-state index contributed by atoms with van der Waals surface area (Å²) in [6.45, 7) is 1.99. The molecule has 4 nitrogen and oxygen atoms in total. The molecule has 122 valence electrons. The molecule has 0 saturated carbocycles. The molecule has 5 heteroatoms. The standard InChI is InChI=1S/C19H17ClN2O2/c1-13(23)22-12-17(16-4-2-3-5-18(16)22)19(24)21-11-10-14-6-8-15(20)9-7-14/h2-9,12H,10-11H2,1H3,(H,21,24). The molecule has 0 aliphatic heterocycles. The number of halogens is 1. The number of carbonyl (C=O) groups is 2. The van der Waals surface area contributed by atoms with Crippen LogP contribution in [0.25, 0.3) is 10.9 Å². The second-order valence-electron chi connectivity index (χ2n) is 5.58. The zero-order valence-corrected chi connectivity index (χ0v) is 14.0. The van der Waals surface area contributed by atoms with Crippen molar-refractivity contribution in [3.8, 4) is 0 Å². The van der Waals surface area contributed by atoms with Crippen LogP contribution < -0.4 is 5.32 Å². The Hall–Kier alpha value is -2.59. The summed E-state index contributed by atoms with van der Waals surface area (Å²) in [5.74, 6) is -0.299. The summed E-state index contributed by atoms with van der Waals surface area (Å²) in [6.07, 6.45) is 2.32. The van der Waals surface area contributed by atoms with E-state index in [1.165, 1.54) is 11.5 Å². The Morgan fingerprint density at radius 1 is 1.08 bits per heavy atom. The molecule has 3 rings (SSSR count). The zero-order valence-electron chi connectivity index (χ0n) is 13.3. The molecule has 0 aliphatic rings. The van der Waals surface area contributed by atoms with Crippen LogP contribution in [0.1, 0.15) is 27.6 Å². The number of nitrogens with zero attached hydrogens (tertiary/aromatic N) is 1. The van der Waals surface area contributed by atoms with Crippen molar-refractivity contribution in [3.05, 3.63) is 70.9 Å². The molecule has 0 atom stereocenters. The molecule has 1 heterocycles. The van der Waals surface area contributed by atoms with Crippen LogP contribution in [0.5, 0.6) is 0 Å². The van der Waals surface area contributed by atoms with Crippen LogP contribution >= 0.6 is 11.6 Å². The number of carbonyl (C=O) groups excluding carboxylic acids is 2. The Bertz CT molecular complexity index is 897. The van der Waals surface area contributed by atoms with Gasteiger partial charge in [-0.25, -0.2) is 0 Å². The lowest BCUT2D eigenvalue weighted by atomic mass is 10.1. The highest BCUT2D eigenvalue weighted by Crippen LogP contribution is 2.21. The predicted molar refractivity (Wildman–Crippen MR) is 95.7 cm³/mol. The summed E-state index contributed by atoms with van der Waals surface area (Å²) < 4.78 is 1.50. The van der Waals surface area contributed by atoms with Crippen LogP contribution in [-0.2, 0) is 6.42 Å². The van der Waals surface area contributed by atoms with Crippen molar-refractivity contribution in [2.75, 3.05) is 6.54 Å². The molecule has 0 spiro atoms. The molecule has 0 radical (unpaired) electrons. The Kier molecular flexibility index (Phi) is 4.67. The first kappa shape index (κ1) is 16.3. The predicted octanol–water partition coefficient (Wildman–Crippen LogP) is 3.93. The first-order chi connectivity index (χ1) is 11.6. The molecule has 1 N–H and O–H groups in total. The third kappa shape index (κ3) is 3.34. The third-order valence-corrected chi connectivity index (χ3v) is 4.16. The van der Waals surface area contributed by atoms with E-state index in [1.54, 1.807) is 6.20 Å². The number of hydrogen-bond acceptors (Lipinski definition) is 2. The van der Waals surface area contributed by atoms with Gasteiger partial charge >= 0.3 is 0 Å². The molecule has 1 aromatic heterocycles. The lowest BCUT2D eigenvalue weighted by Crippen LogP contribution is -2.25. The summed E-state index contributed by atoms with van der Waals surface area (Å²) >= 11 is 5.86. The Morgan fingerprint density at radius 3 is 2.50 bits per heavy atom. The minimum atomic E-state index is -0.180. The molecule has 0 saturated heterocycles. The molecule has 0 fully saturated rings. The summed E-state index contributed by atoms with van der Waals surface area (Å²) in [7, 11) is 0. The van der Waals surface area contributed by atoms with Crippen LogP contribution in [0.3, 0.4) is 0 Å². The molecule has 0 bridgehead atoms. The average molecular weight is 341 g/mol. The van der Waals surface area contributed by atoms with Crippen molar-refractivity contribution in [3.63, 3.8) is 0 Å². The topological polar surface area (TPSA) is 51.1 Å². The van der Waals surface area contributed by atoms with Gasteiger partial charge in [-0.15, -0.1) is 0 Å². The molecule has 3 aromatic rings. The van der Waals surface area contributed by atoms with Gasteiger partial charge in [0.15, 0.2) is 0 Å². The maximum atomic E-state index is 12.5. The highest BCUT2D eigenvalue weighted by atomic mass is 35.5. The second-order valence-corrected chi connectivity index (χ2v) is 6.02. The maximum absolute atomic E-state index is 12.5. The van der Waals surface area contributed by atoms with Crippen LogP contribution in [0.4, 0.5) is 0 Å². The second kappa shape index (κ2) is 6.89. The number of hydrogen-bond donors (Lipinski definition) is 1. The molecule has 2 aromatic carbocycles. The smallest absolute Gasteiger partial charge is 0.253 e. The average Bonchev–Trinajstić information content (AvgIpc) is 2.96. The Morgan fingerprint density at radius 2 is 1.79 bits per heavy atom. The van der Waals surface area contributed by atoms with E-state index in [4.69, 9.17) is 11.6 Å². The minimum Gasteiger partial charge on any atom is -0.352 e. The molecule has 24 heavy (non-hydrogen) atoms. The van der Waals surface area contributed by atoms with Crippen molar-refractivity contribution >= 4 is 34.3 Å². The highest BCUT2D eigenvalue weighted by molar-refractivity contribution is 6.30. The van der Waals surface area contributed by atoms with Crippen molar-refractivity contribution in [1.29, 1.82) is 0 Å². The van der Waals surface area contributed by atoms with E-state index < -0.39 is 0 Å². The van der Waals surface area contributed by atoms with E-state index in [2.05, 4.69) is 5.32 Å². The largest absolute Gasteiger partial charge is 0.352 e. The van der Waals surface area contributed by atoms with Crippen LogP contribution in [0.2, 0.25) is 5.02 Å². The van der Waals surface area contributed by atoms with Gasteiger partial charge in [0.1, 0.15) is 0 Å². The molecular formula is C19H17ClN2O2. The normalized spacial score (nSPS) is 10.8. The van der Waals surface area contributed by atoms with Crippen molar-refractivity contribution in [1.82, 2.24) is 9.88 Å². The number of aromatic nitrogens is 1. The number of para-hydroxylation sites is 1. The van der Waals surface area contributed by atoms with E-state index >= 15 is 0 Å². The van der Waals surface area contributed by atoms with E-state index in [0.29, 0.717) is 23.6 Å². The minimum absolute atomic E-state index is 0.119. The number of nitrogens with one attached hydrogen (secondary N) is 1. The van der Waals surface area contributed by atoms with E-state index in [9.17, 15) is 9.59 Å². The molecule has 0 aliphatic carbocycles. The molecule has 1 amide bonds. The third-order valence-electron chi connectivity index (χ3n) is 3.91. The summed E-state index contributed by atoms with van der Waals surface area (Å²) in [5.41, 5.74) is 2.36. The summed E-state index contributed by atoms with van der Waals surface area (Å²) in [5, 5.41) is 4.38. The van der Waals surface area contributed by atoms with Gasteiger partial charge in [0.25, 0.3) is 5.91 Å². The van der Waals surface area contributed by atoms with Crippen molar-refractivity contribution < 1.29 is 9.59 Å². The number of fused-ring (bicyclic) bond motifs is 1. The fourth-order valence-electron chi connectivity index (χ4n) is 2.69. The first-order valence-electron chi connectivity index (χ1n) is 7.70. The van der Waals surface area contributed by atoms with E-state index in [0.717, 1.165) is 16.5 Å². The van der Waals surface area contributed by atoms with Gasteiger partial charge in [0.05, 0.1) is 11.1 Å². The van der Waals surface area contributed by atoms with Crippen LogP contribution in [-0.4, -0.2) is 22.9 Å². The van der Waals surface area contributed by atoms with Gasteiger partial charge in [0, 0.05) is 30.1 Å². The Labute approximate surface area is 145 Å². The van der Waals surface area contributed by atoms with Gasteiger partial charge in [-0.1, -0.05) is 41.9 Å². The van der Waals surface area contributed by atoms with E-state index in [-0.39, 0.29) is 11.8 Å². The number of benzene rings is 2. The first-order valence-corrected chi connectivity index (χ1v) is 8.08. The number of amides is 1. The lowest BCUT2D eigenvalue weighted by molar-refractivity contribution is 0.0941. The van der Waals surface area contributed by atoms with Gasteiger partial charge in [-0.3, -0.25) is 14.2 Å². The van der Waals surface area contributed by atoms with Crippen LogP contribution in [0.15, 0.2) is 54.7 Å². The van der Waals surface area contributed by atoms with E-state index in [1.807, 2.05) is 48.5 Å². The quantitative estimate of drug-likeness (QED) is 0.782. The van der Waals surface area contributed by atoms with Gasteiger partial charge < -0.3 is 5.32 Å². The van der Waals surface area contributed by atoms with Gasteiger partial charge in [-0.05, 0) is 30.2 Å². The molecule has 0 unspecified atom stereocenters. The van der Waals surface area contributed by atoms with Crippen molar-refractivity contribution in [2.45, 2.75) is 13.3 Å². The van der Waals surface area contributed by atoms with Gasteiger partial charge in [-0.2, -0.15) is 0 Å². The van der Waals surface area contributed by atoms with Crippen LogP contribution in [0, 0.1) is 0 Å². The zero-order chi connectivity index (χ0) is 17.1. The monoisotopic (exact) mass is 340 g/mol.